The van der Waals surface area contributed by atoms with Crippen molar-refractivity contribution in [2.75, 3.05) is 7.05 Å². The molecule has 1 aromatic heterocycles. The predicted octanol–water partition coefficient (Wildman–Crippen LogP) is 2.52. The normalized spacial score (nSPS) is 12.7. The van der Waals surface area contributed by atoms with Gasteiger partial charge in [-0.15, -0.1) is 0 Å². The molecule has 2 aromatic rings. The number of nitrogens with zero attached hydrogens (tertiary/aromatic N) is 2. The lowest BCUT2D eigenvalue weighted by Gasteiger charge is -2.18. The van der Waals surface area contributed by atoms with Crippen molar-refractivity contribution in [3.05, 3.63) is 52.6 Å². The molecule has 0 saturated heterocycles. The van der Waals surface area contributed by atoms with Crippen molar-refractivity contribution in [2.24, 2.45) is 7.05 Å². The van der Waals surface area contributed by atoms with Crippen molar-refractivity contribution >= 4 is 11.6 Å². The zero-order valence-electron chi connectivity index (χ0n) is 9.61. The molecule has 0 aliphatic heterocycles. The Hall–Kier alpha value is -1.39. The van der Waals surface area contributed by atoms with Crippen molar-refractivity contribution in [3.8, 4) is 0 Å². The van der Waals surface area contributed by atoms with E-state index < -0.39 is 0 Å². The number of halogens is 2. The van der Waals surface area contributed by atoms with Gasteiger partial charge in [-0.2, -0.15) is 5.10 Å². The monoisotopic (exact) mass is 253 g/mol. The van der Waals surface area contributed by atoms with E-state index in [9.17, 15) is 4.39 Å². The summed E-state index contributed by atoms with van der Waals surface area (Å²) in [6.07, 6.45) is 1.70. The molecule has 2 rings (SSSR count). The van der Waals surface area contributed by atoms with Gasteiger partial charge < -0.3 is 5.32 Å². The standard InChI is InChI=1S/C12H13ClFN3/c1-15-12(11-5-6-16-17(11)2)9-7-8(14)3-4-10(9)13/h3-7,12,15H,1-2H3. The van der Waals surface area contributed by atoms with E-state index in [-0.39, 0.29) is 11.9 Å². The van der Waals surface area contributed by atoms with Gasteiger partial charge in [-0.25, -0.2) is 4.39 Å². The maximum absolute atomic E-state index is 13.3. The summed E-state index contributed by atoms with van der Waals surface area (Å²) in [5.74, 6) is -0.299. The molecular formula is C12H13ClFN3. The van der Waals surface area contributed by atoms with Gasteiger partial charge in [-0.05, 0) is 36.9 Å². The molecule has 0 aliphatic carbocycles. The fourth-order valence-electron chi connectivity index (χ4n) is 1.87. The Bertz CT molecular complexity index is 524. The van der Waals surface area contributed by atoms with Gasteiger partial charge in [0, 0.05) is 18.3 Å². The Labute approximate surface area is 104 Å². The highest BCUT2D eigenvalue weighted by Crippen LogP contribution is 2.28. The summed E-state index contributed by atoms with van der Waals surface area (Å²) in [5.41, 5.74) is 1.64. The van der Waals surface area contributed by atoms with Crippen molar-refractivity contribution in [2.45, 2.75) is 6.04 Å². The van der Waals surface area contributed by atoms with Crippen LogP contribution in [0.4, 0.5) is 4.39 Å². The Morgan fingerprint density at radius 2 is 2.18 bits per heavy atom. The minimum atomic E-state index is -0.299. The second-order valence-corrected chi connectivity index (χ2v) is 4.17. The van der Waals surface area contributed by atoms with Gasteiger partial charge in [0.1, 0.15) is 5.82 Å². The van der Waals surface area contributed by atoms with Crippen LogP contribution < -0.4 is 5.32 Å². The van der Waals surface area contributed by atoms with E-state index in [1.165, 1.54) is 12.1 Å². The molecule has 5 heteroatoms. The minimum absolute atomic E-state index is 0.175. The molecule has 0 fully saturated rings. The number of aryl methyl sites for hydroxylation is 1. The summed E-state index contributed by atoms with van der Waals surface area (Å²) < 4.78 is 15.0. The molecule has 0 amide bonds. The topological polar surface area (TPSA) is 29.9 Å². The fourth-order valence-corrected chi connectivity index (χ4v) is 2.09. The average molecular weight is 254 g/mol. The molecule has 17 heavy (non-hydrogen) atoms. The smallest absolute Gasteiger partial charge is 0.123 e. The van der Waals surface area contributed by atoms with Gasteiger partial charge in [-0.3, -0.25) is 4.68 Å². The zero-order valence-corrected chi connectivity index (χ0v) is 10.4. The van der Waals surface area contributed by atoms with Gasteiger partial charge in [0.25, 0.3) is 0 Å². The van der Waals surface area contributed by atoms with E-state index in [0.717, 1.165) is 5.69 Å². The minimum Gasteiger partial charge on any atom is -0.308 e. The number of aromatic nitrogens is 2. The van der Waals surface area contributed by atoms with Crippen molar-refractivity contribution in [1.82, 2.24) is 15.1 Å². The molecule has 0 saturated carbocycles. The van der Waals surface area contributed by atoms with E-state index in [4.69, 9.17) is 11.6 Å². The number of rotatable bonds is 3. The van der Waals surface area contributed by atoms with E-state index in [0.29, 0.717) is 10.6 Å². The third-order valence-corrected chi connectivity index (χ3v) is 3.06. The van der Waals surface area contributed by atoms with Gasteiger partial charge in [-0.1, -0.05) is 11.6 Å². The zero-order chi connectivity index (χ0) is 12.4. The first kappa shape index (κ1) is 12.1. The molecule has 1 heterocycles. The van der Waals surface area contributed by atoms with Gasteiger partial charge in [0.05, 0.1) is 11.7 Å². The first-order valence-electron chi connectivity index (χ1n) is 5.23. The molecule has 0 aliphatic rings. The molecule has 3 nitrogen and oxygen atoms in total. The van der Waals surface area contributed by atoms with Gasteiger partial charge in [0.2, 0.25) is 0 Å². The lowest BCUT2D eigenvalue weighted by atomic mass is 10.0. The van der Waals surface area contributed by atoms with Crippen molar-refractivity contribution in [3.63, 3.8) is 0 Å². The Balaban J connectivity index is 2.49. The van der Waals surface area contributed by atoms with Crippen LogP contribution >= 0.6 is 11.6 Å². The second kappa shape index (κ2) is 4.85. The summed E-state index contributed by atoms with van der Waals surface area (Å²) in [5, 5.41) is 7.75. The van der Waals surface area contributed by atoms with Crippen LogP contribution in [0.5, 0.6) is 0 Å². The lowest BCUT2D eigenvalue weighted by molar-refractivity contribution is 0.591. The number of benzene rings is 1. The fraction of sp³-hybridized carbons (Fsp3) is 0.250. The molecule has 1 N–H and O–H groups in total. The first-order valence-corrected chi connectivity index (χ1v) is 5.61. The van der Waals surface area contributed by atoms with Crippen LogP contribution in [0.3, 0.4) is 0 Å². The van der Waals surface area contributed by atoms with Gasteiger partial charge in [0.15, 0.2) is 0 Å². The maximum Gasteiger partial charge on any atom is 0.123 e. The molecule has 1 unspecified atom stereocenters. The van der Waals surface area contributed by atoms with Crippen LogP contribution in [0.2, 0.25) is 5.02 Å². The van der Waals surface area contributed by atoms with E-state index in [1.54, 1.807) is 24.0 Å². The van der Waals surface area contributed by atoms with E-state index in [2.05, 4.69) is 10.4 Å². The quantitative estimate of drug-likeness (QED) is 0.911. The highest BCUT2D eigenvalue weighted by molar-refractivity contribution is 6.31. The van der Waals surface area contributed by atoms with E-state index >= 15 is 0 Å². The number of nitrogens with one attached hydrogen (secondary N) is 1. The molecule has 0 bridgehead atoms. The highest BCUT2D eigenvalue weighted by Gasteiger charge is 2.18. The lowest BCUT2D eigenvalue weighted by Crippen LogP contribution is -2.21. The summed E-state index contributed by atoms with van der Waals surface area (Å²) in [4.78, 5) is 0. The van der Waals surface area contributed by atoms with Crippen LogP contribution in [-0.4, -0.2) is 16.8 Å². The molecule has 90 valence electrons. The Morgan fingerprint density at radius 1 is 1.41 bits per heavy atom. The first-order chi connectivity index (χ1) is 8.13. The van der Waals surface area contributed by atoms with Gasteiger partial charge >= 0.3 is 0 Å². The highest BCUT2D eigenvalue weighted by atomic mass is 35.5. The van der Waals surface area contributed by atoms with Crippen LogP contribution in [0.15, 0.2) is 30.5 Å². The molecule has 1 aromatic carbocycles. The predicted molar refractivity (Wildman–Crippen MR) is 65.5 cm³/mol. The largest absolute Gasteiger partial charge is 0.308 e. The van der Waals surface area contributed by atoms with Crippen molar-refractivity contribution in [1.29, 1.82) is 0 Å². The van der Waals surface area contributed by atoms with Crippen LogP contribution in [-0.2, 0) is 7.05 Å². The summed E-state index contributed by atoms with van der Waals surface area (Å²) in [6.45, 7) is 0. The van der Waals surface area contributed by atoms with Crippen LogP contribution in [0.1, 0.15) is 17.3 Å². The Morgan fingerprint density at radius 3 is 2.76 bits per heavy atom. The van der Waals surface area contributed by atoms with Crippen LogP contribution in [0, 0.1) is 5.82 Å². The molecular weight excluding hydrogens is 241 g/mol. The average Bonchev–Trinajstić information content (AvgIpc) is 2.71. The molecule has 0 radical (unpaired) electrons. The molecule has 0 spiro atoms. The maximum atomic E-state index is 13.3. The third kappa shape index (κ3) is 2.33. The molecule has 1 atom stereocenters. The van der Waals surface area contributed by atoms with E-state index in [1.807, 2.05) is 13.1 Å². The number of hydrogen-bond donors (Lipinski definition) is 1. The third-order valence-electron chi connectivity index (χ3n) is 2.71. The van der Waals surface area contributed by atoms with Crippen molar-refractivity contribution < 1.29 is 4.39 Å². The Kier molecular flexibility index (Phi) is 3.45. The number of hydrogen-bond acceptors (Lipinski definition) is 2. The van der Waals surface area contributed by atoms with Crippen LogP contribution in [0.25, 0.3) is 0 Å². The second-order valence-electron chi connectivity index (χ2n) is 3.77. The SMILES string of the molecule is CNC(c1cc(F)ccc1Cl)c1ccnn1C. The summed E-state index contributed by atoms with van der Waals surface area (Å²) in [6, 6.07) is 6.05. The summed E-state index contributed by atoms with van der Waals surface area (Å²) in [7, 11) is 3.64. The summed E-state index contributed by atoms with van der Waals surface area (Å²) >= 11 is 6.10.